The molecule has 0 saturated heterocycles. The molecule has 1 unspecified atom stereocenters. The molecule has 0 spiro atoms. The number of carbonyl (C=O) groups excluding carboxylic acids is 1. The topological polar surface area (TPSA) is 82.2 Å². The Morgan fingerprint density at radius 3 is 2.47 bits per heavy atom. The molecule has 0 radical (unpaired) electrons. The third kappa shape index (κ3) is 5.69. The van der Waals surface area contributed by atoms with Crippen LogP contribution in [0.1, 0.15) is 31.0 Å². The van der Waals surface area contributed by atoms with Gasteiger partial charge in [-0.3, -0.25) is 9.36 Å². The van der Waals surface area contributed by atoms with Crippen molar-refractivity contribution >= 4 is 17.7 Å². The van der Waals surface area contributed by atoms with Gasteiger partial charge in [-0.05, 0) is 41.3 Å². The van der Waals surface area contributed by atoms with Gasteiger partial charge in [0.25, 0.3) is 0 Å². The summed E-state index contributed by atoms with van der Waals surface area (Å²) in [7, 11) is 1.64. The van der Waals surface area contributed by atoms with Crippen molar-refractivity contribution in [1.29, 1.82) is 0 Å². The zero-order valence-corrected chi connectivity index (χ0v) is 20.3. The molecule has 4 rings (SSSR count). The Morgan fingerprint density at radius 1 is 1.06 bits per heavy atom. The molecule has 2 heterocycles. The molecule has 0 aliphatic rings. The Balaban J connectivity index is 1.48. The van der Waals surface area contributed by atoms with Gasteiger partial charge < -0.3 is 14.5 Å². The molecule has 0 aliphatic heterocycles. The van der Waals surface area contributed by atoms with Crippen molar-refractivity contribution < 1.29 is 13.9 Å². The smallest absolute Gasteiger partial charge is 0.230 e. The van der Waals surface area contributed by atoms with Crippen LogP contribution in [0.5, 0.6) is 5.75 Å². The molecule has 8 heteroatoms. The molecule has 2 aromatic heterocycles. The van der Waals surface area contributed by atoms with E-state index in [-0.39, 0.29) is 23.6 Å². The zero-order valence-electron chi connectivity index (χ0n) is 19.5. The van der Waals surface area contributed by atoms with Crippen LogP contribution in [0.25, 0.3) is 11.6 Å². The van der Waals surface area contributed by atoms with Crippen LogP contribution in [-0.2, 0) is 11.3 Å². The maximum Gasteiger partial charge on any atom is 0.230 e. The molecule has 1 atom stereocenters. The minimum atomic E-state index is -0.0973. The summed E-state index contributed by atoms with van der Waals surface area (Å²) in [6.07, 6.45) is 1.61. The van der Waals surface area contributed by atoms with Crippen molar-refractivity contribution in [2.45, 2.75) is 31.6 Å². The molecule has 4 aromatic rings. The summed E-state index contributed by atoms with van der Waals surface area (Å²) in [4.78, 5) is 12.9. The lowest BCUT2D eigenvalue weighted by atomic mass is 9.96. The number of furan rings is 1. The normalized spacial score (nSPS) is 12.0. The zero-order chi connectivity index (χ0) is 23.9. The van der Waals surface area contributed by atoms with E-state index < -0.39 is 0 Å². The highest BCUT2D eigenvalue weighted by molar-refractivity contribution is 7.99. The summed E-state index contributed by atoms with van der Waals surface area (Å²) in [5.74, 6) is 2.46. The Hall–Kier alpha value is -3.52. The van der Waals surface area contributed by atoms with Crippen LogP contribution < -0.4 is 10.1 Å². The summed E-state index contributed by atoms with van der Waals surface area (Å²) in [6.45, 7) is 4.76. The van der Waals surface area contributed by atoms with E-state index in [1.165, 1.54) is 11.8 Å². The van der Waals surface area contributed by atoms with Crippen molar-refractivity contribution in [2.24, 2.45) is 5.92 Å². The van der Waals surface area contributed by atoms with Gasteiger partial charge in [-0.2, -0.15) is 0 Å². The highest BCUT2D eigenvalue weighted by Gasteiger charge is 2.21. The number of thioether (sulfide) groups is 1. The Bertz CT molecular complexity index is 1190. The van der Waals surface area contributed by atoms with Crippen LogP contribution in [0.15, 0.2) is 82.6 Å². The van der Waals surface area contributed by atoms with Crippen molar-refractivity contribution in [3.8, 4) is 17.3 Å². The lowest BCUT2D eigenvalue weighted by Crippen LogP contribution is -2.33. The van der Waals surface area contributed by atoms with Crippen LogP contribution in [0.2, 0.25) is 0 Å². The Kier molecular flexibility index (Phi) is 7.69. The van der Waals surface area contributed by atoms with Crippen molar-refractivity contribution in [3.63, 3.8) is 0 Å². The minimum absolute atomic E-state index is 0.0617. The minimum Gasteiger partial charge on any atom is -0.497 e. The third-order valence-electron chi connectivity index (χ3n) is 5.43. The number of carbonyl (C=O) groups is 1. The fraction of sp³-hybridized carbons (Fsp3) is 0.269. The second-order valence-electron chi connectivity index (χ2n) is 8.21. The molecular weight excluding hydrogens is 448 g/mol. The van der Waals surface area contributed by atoms with Gasteiger partial charge in [0.1, 0.15) is 5.75 Å². The maximum atomic E-state index is 12.9. The van der Waals surface area contributed by atoms with E-state index in [1.807, 2.05) is 59.2 Å². The number of methoxy groups -OCH3 is 1. The SMILES string of the molecule is COc1ccc(C(NC(=O)CSc2nnc(-c3ccco3)n2Cc2ccccc2)C(C)C)cc1. The predicted octanol–water partition coefficient (Wildman–Crippen LogP) is 5.20. The molecule has 1 amide bonds. The van der Waals surface area contributed by atoms with Crippen LogP contribution in [0.4, 0.5) is 0 Å². The van der Waals surface area contributed by atoms with Crippen molar-refractivity contribution in [2.75, 3.05) is 12.9 Å². The summed E-state index contributed by atoms with van der Waals surface area (Å²) >= 11 is 1.36. The van der Waals surface area contributed by atoms with Gasteiger partial charge in [0, 0.05) is 0 Å². The Labute approximate surface area is 203 Å². The fourth-order valence-corrected chi connectivity index (χ4v) is 4.43. The Morgan fingerprint density at radius 2 is 1.82 bits per heavy atom. The highest BCUT2D eigenvalue weighted by Crippen LogP contribution is 2.27. The van der Waals surface area contributed by atoms with Gasteiger partial charge in [0.2, 0.25) is 11.7 Å². The average Bonchev–Trinajstić information content (AvgIpc) is 3.52. The molecule has 176 valence electrons. The molecule has 0 fully saturated rings. The number of hydrogen-bond donors (Lipinski definition) is 1. The van der Waals surface area contributed by atoms with Crippen molar-refractivity contribution in [3.05, 3.63) is 84.1 Å². The predicted molar refractivity (Wildman–Crippen MR) is 133 cm³/mol. The summed E-state index contributed by atoms with van der Waals surface area (Å²) in [6, 6.07) is 21.5. The second kappa shape index (κ2) is 11.1. The van der Waals surface area contributed by atoms with E-state index in [9.17, 15) is 4.79 Å². The number of hydrogen-bond acceptors (Lipinski definition) is 6. The number of benzene rings is 2. The van der Waals surface area contributed by atoms with E-state index in [0.717, 1.165) is 16.9 Å². The van der Waals surface area contributed by atoms with Gasteiger partial charge in [-0.1, -0.05) is 68.1 Å². The standard InChI is InChI=1S/C26H28N4O3S/c1-18(2)24(20-11-13-21(32-3)14-12-20)27-23(31)17-34-26-29-28-25(22-10-7-15-33-22)30(26)16-19-8-5-4-6-9-19/h4-15,18,24H,16-17H2,1-3H3,(H,27,31). The highest BCUT2D eigenvalue weighted by atomic mass is 32.2. The monoisotopic (exact) mass is 476 g/mol. The van der Waals surface area contributed by atoms with E-state index in [4.69, 9.17) is 9.15 Å². The van der Waals surface area contributed by atoms with E-state index in [0.29, 0.717) is 23.3 Å². The first kappa shape index (κ1) is 23.6. The van der Waals surface area contributed by atoms with E-state index in [1.54, 1.807) is 13.4 Å². The van der Waals surface area contributed by atoms with Crippen LogP contribution in [0.3, 0.4) is 0 Å². The van der Waals surface area contributed by atoms with Gasteiger partial charge in [0.05, 0.1) is 31.7 Å². The van der Waals surface area contributed by atoms with Crippen LogP contribution in [0, 0.1) is 5.92 Å². The van der Waals surface area contributed by atoms with Crippen molar-refractivity contribution in [1.82, 2.24) is 20.1 Å². The number of amides is 1. The first-order chi connectivity index (χ1) is 16.5. The molecule has 7 nitrogen and oxygen atoms in total. The first-order valence-corrected chi connectivity index (χ1v) is 12.1. The van der Waals surface area contributed by atoms with Gasteiger partial charge in [-0.25, -0.2) is 0 Å². The molecule has 0 saturated carbocycles. The van der Waals surface area contributed by atoms with Gasteiger partial charge in [0.15, 0.2) is 10.9 Å². The maximum absolute atomic E-state index is 12.9. The summed E-state index contributed by atoms with van der Waals surface area (Å²) < 4.78 is 12.8. The fourth-order valence-electron chi connectivity index (χ4n) is 3.68. The average molecular weight is 477 g/mol. The lowest BCUT2D eigenvalue weighted by molar-refractivity contribution is -0.119. The van der Waals surface area contributed by atoms with Gasteiger partial charge in [-0.15, -0.1) is 10.2 Å². The molecule has 34 heavy (non-hydrogen) atoms. The molecular formula is C26H28N4O3S. The summed E-state index contributed by atoms with van der Waals surface area (Å²) in [5.41, 5.74) is 2.15. The quantitative estimate of drug-likeness (QED) is 0.317. The molecule has 2 aromatic carbocycles. The molecule has 0 bridgehead atoms. The number of ether oxygens (including phenoxy) is 1. The number of aromatic nitrogens is 3. The van der Waals surface area contributed by atoms with Gasteiger partial charge >= 0.3 is 0 Å². The van der Waals surface area contributed by atoms with Crippen LogP contribution >= 0.6 is 11.8 Å². The first-order valence-electron chi connectivity index (χ1n) is 11.1. The second-order valence-corrected chi connectivity index (χ2v) is 9.15. The number of nitrogens with zero attached hydrogens (tertiary/aromatic N) is 3. The molecule has 1 N–H and O–H groups in total. The lowest BCUT2D eigenvalue weighted by Gasteiger charge is -2.23. The number of rotatable bonds is 10. The van der Waals surface area contributed by atoms with E-state index >= 15 is 0 Å². The summed E-state index contributed by atoms with van der Waals surface area (Å²) in [5, 5.41) is 12.5. The molecule has 0 aliphatic carbocycles. The largest absolute Gasteiger partial charge is 0.497 e. The van der Waals surface area contributed by atoms with Crippen LogP contribution in [-0.4, -0.2) is 33.5 Å². The third-order valence-corrected chi connectivity index (χ3v) is 6.40. The van der Waals surface area contributed by atoms with E-state index in [2.05, 4.69) is 41.5 Å². The number of nitrogens with one attached hydrogen (secondary N) is 1.